The molecular formula is C32H31N2OP. The lowest BCUT2D eigenvalue weighted by Crippen LogP contribution is -2.23. The predicted molar refractivity (Wildman–Crippen MR) is 158 cm³/mol. The second kappa shape index (κ2) is 10.0. The van der Waals surface area contributed by atoms with Gasteiger partial charge in [-0.05, 0) is 64.9 Å². The smallest absolute Gasteiger partial charge is 0.123 e. The summed E-state index contributed by atoms with van der Waals surface area (Å²) < 4.78 is 0. The average Bonchev–Trinajstić information content (AvgIpc) is 2.90. The molecule has 0 radical (unpaired) electrons. The molecule has 3 nitrogen and oxygen atoms in total. The Morgan fingerprint density at radius 1 is 0.556 bits per heavy atom. The van der Waals surface area contributed by atoms with Gasteiger partial charge in [-0.25, -0.2) is 0 Å². The monoisotopic (exact) mass is 490 g/mol. The number of nitrogens with zero attached hydrogens (tertiary/aromatic N) is 2. The predicted octanol–water partition coefficient (Wildman–Crippen LogP) is 6.10. The first-order valence-electron chi connectivity index (χ1n) is 12.1. The Bertz CT molecular complexity index is 1440. The van der Waals surface area contributed by atoms with Gasteiger partial charge in [0.2, 0.25) is 0 Å². The van der Waals surface area contributed by atoms with Crippen LogP contribution in [0.15, 0.2) is 109 Å². The number of rotatable bonds is 6. The van der Waals surface area contributed by atoms with Gasteiger partial charge in [0.15, 0.2) is 0 Å². The minimum absolute atomic E-state index is 0.302. The van der Waals surface area contributed by atoms with E-state index in [0.717, 1.165) is 16.5 Å². The third-order valence-electron chi connectivity index (χ3n) is 6.57. The van der Waals surface area contributed by atoms with Crippen LogP contribution in [0.2, 0.25) is 0 Å². The van der Waals surface area contributed by atoms with Gasteiger partial charge >= 0.3 is 0 Å². The van der Waals surface area contributed by atoms with Crippen LogP contribution >= 0.6 is 7.92 Å². The third kappa shape index (κ3) is 4.55. The molecule has 0 aliphatic carbocycles. The van der Waals surface area contributed by atoms with Crippen molar-refractivity contribution in [3.63, 3.8) is 0 Å². The number of aromatic hydroxyl groups is 1. The fourth-order valence-electron chi connectivity index (χ4n) is 4.64. The van der Waals surface area contributed by atoms with E-state index in [4.69, 9.17) is 0 Å². The highest BCUT2D eigenvalue weighted by Gasteiger charge is 2.23. The molecule has 0 fully saturated rings. The Labute approximate surface area is 215 Å². The van der Waals surface area contributed by atoms with E-state index >= 15 is 0 Å². The number of fused-ring (bicyclic) bond motifs is 1. The van der Waals surface area contributed by atoms with Crippen LogP contribution in [0, 0.1) is 0 Å². The van der Waals surface area contributed by atoms with Crippen molar-refractivity contribution in [1.29, 1.82) is 0 Å². The summed E-state index contributed by atoms with van der Waals surface area (Å²) in [5, 5.41) is 17.1. The Morgan fingerprint density at radius 3 is 1.64 bits per heavy atom. The van der Waals surface area contributed by atoms with E-state index < -0.39 is 7.92 Å². The highest BCUT2D eigenvalue weighted by atomic mass is 31.1. The molecule has 0 unspecified atom stereocenters. The molecule has 0 atom stereocenters. The van der Waals surface area contributed by atoms with Crippen LogP contribution in [0.1, 0.15) is 0 Å². The molecule has 5 aromatic rings. The number of para-hydroxylation sites is 1. The Balaban J connectivity index is 1.80. The van der Waals surface area contributed by atoms with E-state index in [1.54, 1.807) is 6.07 Å². The van der Waals surface area contributed by atoms with Gasteiger partial charge < -0.3 is 14.9 Å². The minimum Gasteiger partial charge on any atom is -0.507 e. The van der Waals surface area contributed by atoms with E-state index in [2.05, 4.69) is 123 Å². The van der Waals surface area contributed by atoms with Crippen LogP contribution < -0.4 is 25.7 Å². The van der Waals surface area contributed by atoms with Crippen molar-refractivity contribution in [3.8, 4) is 16.9 Å². The van der Waals surface area contributed by atoms with Gasteiger partial charge in [0.05, 0.1) is 0 Å². The highest BCUT2D eigenvalue weighted by molar-refractivity contribution is 7.80. The standard InChI is InChI=1S/C32H31N2OP/c1-33(2)24-14-18-26(19-15-24)36(27-20-16-25(17-21-27)34(3)4)31-22-13-23-9-5-6-10-28(23)32(31)29-11-7-8-12-30(29)35/h5-22,35H,1-4H3. The molecule has 0 saturated heterocycles. The lowest BCUT2D eigenvalue weighted by molar-refractivity contribution is 0.477. The van der Waals surface area contributed by atoms with Crippen molar-refractivity contribution in [2.75, 3.05) is 38.0 Å². The second-order valence-electron chi connectivity index (χ2n) is 9.36. The molecule has 0 saturated carbocycles. The van der Waals surface area contributed by atoms with E-state index in [9.17, 15) is 5.11 Å². The fraction of sp³-hybridized carbons (Fsp3) is 0.125. The molecule has 0 bridgehead atoms. The zero-order valence-corrected chi connectivity index (χ0v) is 22.1. The molecule has 0 spiro atoms. The van der Waals surface area contributed by atoms with E-state index in [0.29, 0.717) is 5.75 Å². The summed E-state index contributed by atoms with van der Waals surface area (Å²) in [6, 6.07) is 38.4. The lowest BCUT2D eigenvalue weighted by Gasteiger charge is -2.25. The van der Waals surface area contributed by atoms with Gasteiger partial charge in [-0.2, -0.15) is 0 Å². The maximum Gasteiger partial charge on any atom is 0.123 e. The summed E-state index contributed by atoms with van der Waals surface area (Å²) >= 11 is 0. The maximum atomic E-state index is 11.0. The quantitative estimate of drug-likeness (QED) is 0.291. The first kappa shape index (κ1) is 23.9. The summed E-state index contributed by atoms with van der Waals surface area (Å²) in [6.45, 7) is 0. The number of anilines is 2. The molecule has 4 heteroatoms. The van der Waals surface area contributed by atoms with Gasteiger partial charge in [-0.1, -0.05) is 78.9 Å². The van der Waals surface area contributed by atoms with Crippen LogP contribution in [0.4, 0.5) is 11.4 Å². The maximum absolute atomic E-state index is 11.0. The Kier molecular flexibility index (Phi) is 6.67. The summed E-state index contributed by atoms with van der Waals surface area (Å²) in [4.78, 5) is 4.25. The molecule has 0 aromatic heterocycles. The van der Waals surface area contributed by atoms with E-state index in [1.165, 1.54) is 32.7 Å². The van der Waals surface area contributed by atoms with Gasteiger partial charge in [0.1, 0.15) is 5.75 Å². The molecule has 5 aromatic carbocycles. The van der Waals surface area contributed by atoms with Gasteiger partial charge in [-0.15, -0.1) is 0 Å². The number of hydrogen-bond acceptors (Lipinski definition) is 3. The molecule has 0 heterocycles. The number of phenols is 1. The Hall–Kier alpha value is -3.81. The van der Waals surface area contributed by atoms with Crippen LogP contribution in [-0.4, -0.2) is 33.3 Å². The fourth-order valence-corrected chi connectivity index (χ4v) is 7.08. The van der Waals surface area contributed by atoms with Crippen molar-refractivity contribution in [2.24, 2.45) is 0 Å². The van der Waals surface area contributed by atoms with E-state index in [1.807, 2.05) is 18.2 Å². The summed E-state index contributed by atoms with van der Waals surface area (Å²) in [5.41, 5.74) is 4.32. The average molecular weight is 491 g/mol. The summed E-state index contributed by atoms with van der Waals surface area (Å²) in [6.07, 6.45) is 0. The number of hydrogen-bond donors (Lipinski definition) is 1. The van der Waals surface area contributed by atoms with Gasteiger partial charge in [-0.3, -0.25) is 0 Å². The molecule has 0 aliphatic heterocycles. The van der Waals surface area contributed by atoms with Gasteiger partial charge in [0.25, 0.3) is 0 Å². The van der Waals surface area contributed by atoms with Crippen molar-refractivity contribution in [3.05, 3.63) is 109 Å². The minimum atomic E-state index is -0.887. The second-order valence-corrected chi connectivity index (χ2v) is 11.5. The summed E-state index contributed by atoms with van der Waals surface area (Å²) in [7, 11) is 7.38. The highest BCUT2D eigenvalue weighted by Crippen LogP contribution is 2.42. The number of phenolic OH excluding ortho intramolecular Hbond substituents is 1. The van der Waals surface area contributed by atoms with Crippen molar-refractivity contribution in [2.45, 2.75) is 0 Å². The molecule has 0 amide bonds. The number of benzene rings is 5. The zero-order chi connectivity index (χ0) is 25.2. The molecule has 0 aliphatic rings. The summed E-state index contributed by atoms with van der Waals surface area (Å²) in [5.74, 6) is 0.302. The van der Waals surface area contributed by atoms with Crippen LogP contribution in [-0.2, 0) is 0 Å². The molecule has 180 valence electrons. The molecular weight excluding hydrogens is 459 g/mol. The van der Waals surface area contributed by atoms with Crippen LogP contribution in [0.25, 0.3) is 21.9 Å². The normalized spacial score (nSPS) is 11.1. The van der Waals surface area contributed by atoms with Crippen molar-refractivity contribution >= 4 is 46.0 Å². The van der Waals surface area contributed by atoms with Crippen LogP contribution in [0.3, 0.4) is 0 Å². The third-order valence-corrected chi connectivity index (χ3v) is 9.05. The molecule has 5 rings (SSSR count). The van der Waals surface area contributed by atoms with Crippen LogP contribution in [0.5, 0.6) is 5.75 Å². The topological polar surface area (TPSA) is 26.7 Å². The lowest BCUT2D eigenvalue weighted by atomic mass is 9.97. The molecule has 36 heavy (non-hydrogen) atoms. The van der Waals surface area contributed by atoms with Crippen molar-refractivity contribution < 1.29 is 5.11 Å². The van der Waals surface area contributed by atoms with Crippen molar-refractivity contribution in [1.82, 2.24) is 0 Å². The first-order valence-corrected chi connectivity index (χ1v) is 13.4. The first-order chi connectivity index (χ1) is 17.4. The van der Waals surface area contributed by atoms with E-state index in [-0.39, 0.29) is 0 Å². The largest absolute Gasteiger partial charge is 0.507 e. The van der Waals surface area contributed by atoms with Gasteiger partial charge in [0, 0.05) is 50.7 Å². The zero-order valence-electron chi connectivity index (χ0n) is 21.2. The molecule has 1 N–H and O–H groups in total. The SMILES string of the molecule is CN(C)c1ccc(P(c2ccc(N(C)C)cc2)c2ccc3ccccc3c2-c2ccccc2O)cc1. The Morgan fingerprint density at radius 2 is 1.08 bits per heavy atom.